The molecule has 0 radical (unpaired) electrons. The third-order valence-corrected chi connectivity index (χ3v) is 4.86. The zero-order valence-corrected chi connectivity index (χ0v) is 14.1. The molecule has 8 nitrogen and oxygen atoms in total. The number of nitrogens with zero attached hydrogens (tertiary/aromatic N) is 4. The molecule has 0 saturated carbocycles. The van der Waals surface area contributed by atoms with Crippen molar-refractivity contribution in [2.45, 2.75) is 38.3 Å². The highest BCUT2D eigenvalue weighted by Gasteiger charge is 2.24. The van der Waals surface area contributed by atoms with Crippen molar-refractivity contribution in [3.63, 3.8) is 0 Å². The third-order valence-electron chi connectivity index (χ3n) is 4.86. The van der Waals surface area contributed by atoms with Gasteiger partial charge in [-0.2, -0.15) is 5.10 Å². The Hall–Kier alpha value is -2.48. The van der Waals surface area contributed by atoms with Crippen LogP contribution in [0.1, 0.15) is 30.5 Å². The Morgan fingerprint density at radius 3 is 3.16 bits per heavy atom. The molecule has 2 aromatic rings. The van der Waals surface area contributed by atoms with Crippen molar-refractivity contribution in [1.82, 2.24) is 20.2 Å². The Kier molecular flexibility index (Phi) is 4.60. The first-order valence-corrected chi connectivity index (χ1v) is 8.78. The minimum Gasteiger partial charge on any atom is -0.376 e. The largest absolute Gasteiger partial charge is 0.376 e. The molecule has 1 saturated heterocycles. The first kappa shape index (κ1) is 16.0. The van der Waals surface area contributed by atoms with Gasteiger partial charge in [-0.1, -0.05) is 0 Å². The maximum Gasteiger partial charge on any atom is 0.264 e. The molecule has 2 aliphatic heterocycles. The van der Waals surface area contributed by atoms with E-state index in [1.54, 1.807) is 12.4 Å². The van der Waals surface area contributed by atoms with Gasteiger partial charge in [0.2, 0.25) is 0 Å². The fraction of sp³-hybridized carbons (Fsp3) is 0.529. The fourth-order valence-corrected chi connectivity index (χ4v) is 3.54. The van der Waals surface area contributed by atoms with E-state index in [9.17, 15) is 4.79 Å². The number of piperidine rings is 1. The number of ether oxygens (including phenoxy) is 1. The van der Waals surface area contributed by atoms with Crippen LogP contribution in [0.3, 0.4) is 0 Å². The topological polar surface area (TPSA) is 96.0 Å². The van der Waals surface area contributed by atoms with Gasteiger partial charge in [-0.05, 0) is 25.3 Å². The molecule has 1 fully saturated rings. The van der Waals surface area contributed by atoms with Crippen LogP contribution in [0.4, 0.5) is 11.6 Å². The van der Waals surface area contributed by atoms with Gasteiger partial charge in [0.05, 0.1) is 18.9 Å². The highest BCUT2D eigenvalue weighted by atomic mass is 16.5. The van der Waals surface area contributed by atoms with Crippen LogP contribution in [0, 0.1) is 0 Å². The Balaban J connectivity index is 1.49. The average Bonchev–Trinajstić information content (AvgIpc) is 2.67. The second-order valence-corrected chi connectivity index (χ2v) is 6.45. The summed E-state index contributed by atoms with van der Waals surface area (Å²) in [4.78, 5) is 22.3. The summed E-state index contributed by atoms with van der Waals surface area (Å²) in [5, 5.41) is 10.2. The van der Waals surface area contributed by atoms with E-state index in [2.05, 4.69) is 30.4 Å². The van der Waals surface area contributed by atoms with Crippen LogP contribution < -0.4 is 15.8 Å². The molecule has 2 aliphatic rings. The highest BCUT2D eigenvalue weighted by Crippen LogP contribution is 2.24. The molecule has 1 unspecified atom stereocenters. The Morgan fingerprint density at radius 1 is 1.32 bits per heavy atom. The zero-order chi connectivity index (χ0) is 17.1. The van der Waals surface area contributed by atoms with Crippen LogP contribution in [0.25, 0.3) is 0 Å². The molecule has 25 heavy (non-hydrogen) atoms. The monoisotopic (exact) mass is 342 g/mol. The Bertz CT molecular complexity index is 772. The van der Waals surface area contributed by atoms with Gasteiger partial charge in [0, 0.05) is 37.2 Å². The van der Waals surface area contributed by atoms with Crippen LogP contribution in [0.2, 0.25) is 0 Å². The van der Waals surface area contributed by atoms with Crippen molar-refractivity contribution >= 4 is 11.6 Å². The average molecular weight is 342 g/mol. The molecule has 4 rings (SSSR count). The molecule has 132 valence electrons. The van der Waals surface area contributed by atoms with Gasteiger partial charge in [-0.25, -0.2) is 15.1 Å². The van der Waals surface area contributed by atoms with E-state index in [4.69, 9.17) is 4.74 Å². The van der Waals surface area contributed by atoms with Gasteiger partial charge in [-0.3, -0.25) is 4.79 Å². The second-order valence-electron chi connectivity index (χ2n) is 6.45. The molecule has 1 atom stereocenters. The van der Waals surface area contributed by atoms with E-state index in [0.717, 1.165) is 61.9 Å². The zero-order valence-electron chi connectivity index (χ0n) is 14.1. The lowest BCUT2D eigenvalue weighted by atomic mass is 10.0. The van der Waals surface area contributed by atoms with Crippen molar-refractivity contribution in [1.29, 1.82) is 0 Å². The number of anilines is 2. The number of rotatable bonds is 4. The molecule has 0 aromatic carbocycles. The van der Waals surface area contributed by atoms with Gasteiger partial charge in [0.15, 0.2) is 0 Å². The Morgan fingerprint density at radius 2 is 2.28 bits per heavy atom. The van der Waals surface area contributed by atoms with E-state index in [1.165, 1.54) is 12.5 Å². The van der Waals surface area contributed by atoms with Crippen LogP contribution >= 0.6 is 0 Å². The number of aromatic nitrogens is 4. The normalized spacial score (nSPS) is 20.2. The highest BCUT2D eigenvalue weighted by molar-refractivity contribution is 5.47. The fourth-order valence-electron chi connectivity index (χ4n) is 3.54. The van der Waals surface area contributed by atoms with Crippen LogP contribution in [-0.2, 0) is 17.8 Å². The quantitative estimate of drug-likeness (QED) is 0.859. The van der Waals surface area contributed by atoms with E-state index in [1.807, 2.05) is 0 Å². The van der Waals surface area contributed by atoms with Crippen molar-refractivity contribution < 1.29 is 4.74 Å². The third kappa shape index (κ3) is 3.48. The molecule has 0 spiro atoms. The van der Waals surface area contributed by atoms with Crippen LogP contribution in [-0.4, -0.2) is 45.9 Å². The molecule has 4 heterocycles. The van der Waals surface area contributed by atoms with E-state index in [0.29, 0.717) is 12.6 Å². The summed E-state index contributed by atoms with van der Waals surface area (Å²) in [5.74, 6) is 1.68. The molecule has 2 aromatic heterocycles. The van der Waals surface area contributed by atoms with E-state index < -0.39 is 0 Å². The minimum atomic E-state index is -0.178. The van der Waals surface area contributed by atoms with Crippen LogP contribution in [0.15, 0.2) is 23.3 Å². The van der Waals surface area contributed by atoms with Crippen molar-refractivity contribution in [2.75, 3.05) is 29.9 Å². The summed E-state index contributed by atoms with van der Waals surface area (Å²) in [6.07, 6.45) is 5.86. The lowest BCUT2D eigenvalue weighted by molar-refractivity contribution is 0.109. The van der Waals surface area contributed by atoms with Crippen molar-refractivity contribution in [3.8, 4) is 0 Å². The lowest BCUT2D eigenvalue weighted by Crippen LogP contribution is -2.44. The number of hydrogen-bond donors (Lipinski definition) is 2. The van der Waals surface area contributed by atoms with Gasteiger partial charge >= 0.3 is 0 Å². The van der Waals surface area contributed by atoms with Crippen molar-refractivity contribution in [2.24, 2.45) is 0 Å². The minimum absolute atomic E-state index is 0.178. The predicted octanol–water partition coefficient (Wildman–Crippen LogP) is 1.10. The number of aromatic amines is 1. The molecule has 0 amide bonds. The summed E-state index contributed by atoms with van der Waals surface area (Å²) in [6, 6.07) is 3.62. The molecule has 2 N–H and O–H groups in total. The number of fused-ring (bicyclic) bond motifs is 1. The van der Waals surface area contributed by atoms with Crippen molar-refractivity contribution in [3.05, 3.63) is 40.1 Å². The SMILES string of the molecule is O=c1ccc(N2CCCCC2CNc2ncnc3c2COCC3)n[nH]1. The van der Waals surface area contributed by atoms with E-state index >= 15 is 0 Å². The molecule has 0 bridgehead atoms. The standard InChI is InChI=1S/C17H22N6O2/c24-16-5-4-15(21-22-16)23-7-2-1-3-12(23)9-18-17-13-10-25-8-6-14(13)19-11-20-17/h4-5,11-12H,1-3,6-10H2,(H,22,24)(H,18,19,20). The molecular formula is C17H22N6O2. The molecule has 0 aliphatic carbocycles. The number of hydrogen-bond acceptors (Lipinski definition) is 7. The van der Waals surface area contributed by atoms with Gasteiger partial charge < -0.3 is 15.0 Å². The van der Waals surface area contributed by atoms with Crippen LogP contribution in [0.5, 0.6) is 0 Å². The summed E-state index contributed by atoms with van der Waals surface area (Å²) in [5.41, 5.74) is 1.97. The van der Waals surface area contributed by atoms with Gasteiger partial charge in [0.1, 0.15) is 18.0 Å². The predicted molar refractivity (Wildman–Crippen MR) is 93.7 cm³/mol. The van der Waals surface area contributed by atoms with E-state index in [-0.39, 0.29) is 5.56 Å². The number of nitrogens with one attached hydrogen (secondary N) is 2. The van der Waals surface area contributed by atoms with Gasteiger partial charge in [0.25, 0.3) is 5.56 Å². The second kappa shape index (κ2) is 7.18. The summed E-state index contributed by atoms with van der Waals surface area (Å²) >= 11 is 0. The summed E-state index contributed by atoms with van der Waals surface area (Å²) in [6.45, 7) is 2.99. The Labute approximate surface area is 145 Å². The van der Waals surface area contributed by atoms with Gasteiger partial charge in [-0.15, -0.1) is 0 Å². The molecular weight excluding hydrogens is 320 g/mol. The summed E-state index contributed by atoms with van der Waals surface area (Å²) < 4.78 is 5.56. The first-order chi connectivity index (χ1) is 12.3. The smallest absolute Gasteiger partial charge is 0.264 e. The number of H-pyrrole nitrogens is 1. The first-order valence-electron chi connectivity index (χ1n) is 8.78. The maximum atomic E-state index is 11.3. The lowest BCUT2D eigenvalue weighted by Gasteiger charge is -2.36. The summed E-state index contributed by atoms with van der Waals surface area (Å²) in [7, 11) is 0. The molecule has 8 heteroatoms. The maximum absolute atomic E-state index is 11.3.